The second kappa shape index (κ2) is 6.26. The van der Waals surface area contributed by atoms with Gasteiger partial charge < -0.3 is 10.4 Å². The molecule has 0 spiro atoms. The standard InChI is InChI=1S/C14H18F2N2O2/c15-11-10(5-8-17-12(11)16)13(19)18-9-14(20)6-3-1-2-4-7-14/h5,8,20H,1-4,6-7,9H2,(H,18,19). The van der Waals surface area contributed by atoms with E-state index < -0.39 is 28.8 Å². The number of hydrogen-bond donors (Lipinski definition) is 2. The number of nitrogens with one attached hydrogen (secondary N) is 1. The Hall–Kier alpha value is -1.56. The molecule has 2 N–H and O–H groups in total. The van der Waals surface area contributed by atoms with Crippen molar-refractivity contribution < 1.29 is 18.7 Å². The molecule has 1 saturated carbocycles. The quantitative estimate of drug-likeness (QED) is 0.660. The molecular weight excluding hydrogens is 266 g/mol. The van der Waals surface area contributed by atoms with Gasteiger partial charge in [-0.1, -0.05) is 25.7 Å². The van der Waals surface area contributed by atoms with Crippen LogP contribution >= 0.6 is 0 Å². The molecule has 0 aliphatic heterocycles. The molecule has 0 radical (unpaired) electrons. The number of amides is 1. The molecule has 1 aromatic rings. The van der Waals surface area contributed by atoms with E-state index in [1.807, 2.05) is 0 Å². The van der Waals surface area contributed by atoms with E-state index in [0.717, 1.165) is 37.9 Å². The van der Waals surface area contributed by atoms with Gasteiger partial charge in [0, 0.05) is 12.7 Å². The van der Waals surface area contributed by atoms with Gasteiger partial charge in [0.2, 0.25) is 5.95 Å². The molecule has 0 aromatic carbocycles. The Morgan fingerprint density at radius 1 is 1.30 bits per heavy atom. The van der Waals surface area contributed by atoms with E-state index in [1.54, 1.807) is 0 Å². The van der Waals surface area contributed by atoms with Gasteiger partial charge in [0.15, 0.2) is 5.82 Å². The van der Waals surface area contributed by atoms with Crippen molar-refractivity contribution in [2.75, 3.05) is 6.54 Å². The number of aliphatic hydroxyl groups is 1. The highest BCUT2D eigenvalue weighted by molar-refractivity contribution is 5.94. The van der Waals surface area contributed by atoms with Crippen LogP contribution in [0.2, 0.25) is 0 Å². The van der Waals surface area contributed by atoms with E-state index in [4.69, 9.17) is 0 Å². The summed E-state index contributed by atoms with van der Waals surface area (Å²) >= 11 is 0. The lowest BCUT2D eigenvalue weighted by Gasteiger charge is -2.26. The number of carbonyl (C=O) groups excluding carboxylic acids is 1. The molecule has 0 atom stereocenters. The van der Waals surface area contributed by atoms with Crippen LogP contribution in [-0.4, -0.2) is 28.1 Å². The maximum Gasteiger partial charge on any atom is 0.254 e. The molecule has 0 bridgehead atoms. The monoisotopic (exact) mass is 284 g/mol. The van der Waals surface area contributed by atoms with Crippen LogP contribution in [0.25, 0.3) is 0 Å². The van der Waals surface area contributed by atoms with Gasteiger partial charge in [-0.2, -0.15) is 4.39 Å². The van der Waals surface area contributed by atoms with Gasteiger partial charge in [-0.25, -0.2) is 9.37 Å². The Kier molecular flexibility index (Phi) is 4.65. The van der Waals surface area contributed by atoms with Gasteiger partial charge in [-0.15, -0.1) is 0 Å². The normalized spacial score (nSPS) is 18.4. The summed E-state index contributed by atoms with van der Waals surface area (Å²) in [5.41, 5.74) is -1.34. The lowest BCUT2D eigenvalue weighted by atomic mass is 9.94. The van der Waals surface area contributed by atoms with Crippen molar-refractivity contribution in [1.29, 1.82) is 0 Å². The van der Waals surface area contributed by atoms with Crippen molar-refractivity contribution in [2.45, 2.75) is 44.1 Å². The number of carbonyl (C=O) groups is 1. The summed E-state index contributed by atoms with van der Waals surface area (Å²) in [5.74, 6) is -3.30. The lowest BCUT2D eigenvalue weighted by molar-refractivity contribution is 0.0246. The van der Waals surface area contributed by atoms with Gasteiger partial charge in [-0.3, -0.25) is 4.79 Å². The van der Waals surface area contributed by atoms with Gasteiger partial charge in [0.1, 0.15) is 0 Å². The largest absolute Gasteiger partial charge is 0.388 e. The van der Waals surface area contributed by atoms with Gasteiger partial charge in [0.05, 0.1) is 11.2 Å². The highest BCUT2D eigenvalue weighted by atomic mass is 19.2. The molecule has 1 amide bonds. The first-order valence-corrected chi connectivity index (χ1v) is 6.82. The van der Waals surface area contributed by atoms with Crippen LogP contribution in [0.5, 0.6) is 0 Å². The number of halogens is 2. The SMILES string of the molecule is O=C(NCC1(O)CCCCCC1)c1ccnc(F)c1F. The van der Waals surface area contributed by atoms with E-state index in [1.165, 1.54) is 0 Å². The van der Waals surface area contributed by atoms with E-state index in [0.29, 0.717) is 12.8 Å². The number of hydrogen-bond acceptors (Lipinski definition) is 3. The first kappa shape index (κ1) is 14.8. The summed E-state index contributed by atoms with van der Waals surface area (Å²) < 4.78 is 26.4. The third-order valence-electron chi connectivity index (χ3n) is 3.70. The summed E-state index contributed by atoms with van der Waals surface area (Å²) in [6.45, 7) is 0.0508. The molecule has 1 heterocycles. The van der Waals surface area contributed by atoms with E-state index in [-0.39, 0.29) is 6.54 Å². The minimum atomic E-state index is -1.30. The molecule has 1 fully saturated rings. The van der Waals surface area contributed by atoms with Gasteiger partial charge in [0.25, 0.3) is 5.91 Å². The number of rotatable bonds is 3. The summed E-state index contributed by atoms with van der Waals surface area (Å²) in [6, 6.07) is 1.12. The Balaban J connectivity index is 1.99. The van der Waals surface area contributed by atoms with Crippen LogP contribution in [-0.2, 0) is 0 Å². The number of aromatic nitrogens is 1. The fourth-order valence-corrected chi connectivity index (χ4v) is 2.50. The van der Waals surface area contributed by atoms with E-state index >= 15 is 0 Å². The highest BCUT2D eigenvalue weighted by Crippen LogP contribution is 2.26. The molecule has 0 saturated heterocycles. The predicted molar refractivity (Wildman–Crippen MR) is 69.1 cm³/mol. The molecule has 6 heteroatoms. The number of pyridine rings is 1. The molecule has 110 valence electrons. The Labute approximate surface area is 116 Å². The summed E-state index contributed by atoms with van der Waals surface area (Å²) in [4.78, 5) is 15.0. The number of nitrogens with zero attached hydrogens (tertiary/aromatic N) is 1. The van der Waals surface area contributed by atoms with Crippen molar-refractivity contribution in [1.82, 2.24) is 10.3 Å². The minimum absolute atomic E-state index is 0.0508. The Morgan fingerprint density at radius 3 is 2.60 bits per heavy atom. The summed E-state index contributed by atoms with van der Waals surface area (Å²) in [6.07, 6.45) is 6.21. The zero-order chi connectivity index (χ0) is 14.6. The Bertz CT molecular complexity index is 486. The molecule has 20 heavy (non-hydrogen) atoms. The van der Waals surface area contributed by atoms with Crippen molar-refractivity contribution in [3.8, 4) is 0 Å². The second-order valence-electron chi connectivity index (χ2n) is 5.28. The second-order valence-corrected chi connectivity index (χ2v) is 5.28. The molecule has 0 unspecified atom stereocenters. The van der Waals surface area contributed by atoms with Crippen molar-refractivity contribution >= 4 is 5.91 Å². The topological polar surface area (TPSA) is 62.2 Å². The van der Waals surface area contributed by atoms with Crippen molar-refractivity contribution in [3.05, 3.63) is 29.6 Å². The molecule has 1 aliphatic rings. The summed E-state index contributed by atoms with van der Waals surface area (Å²) in [7, 11) is 0. The van der Waals surface area contributed by atoms with Crippen LogP contribution in [0.3, 0.4) is 0 Å². The molecule has 1 aromatic heterocycles. The molecule has 1 aliphatic carbocycles. The maximum absolute atomic E-state index is 13.4. The van der Waals surface area contributed by atoms with Crippen LogP contribution in [0.15, 0.2) is 12.3 Å². The molecule has 4 nitrogen and oxygen atoms in total. The first-order valence-electron chi connectivity index (χ1n) is 6.82. The van der Waals surface area contributed by atoms with Crippen molar-refractivity contribution in [3.63, 3.8) is 0 Å². The van der Waals surface area contributed by atoms with Gasteiger partial charge >= 0.3 is 0 Å². The van der Waals surface area contributed by atoms with E-state index in [2.05, 4.69) is 10.3 Å². The smallest absolute Gasteiger partial charge is 0.254 e. The van der Waals surface area contributed by atoms with Crippen LogP contribution in [0.1, 0.15) is 48.9 Å². The van der Waals surface area contributed by atoms with Crippen LogP contribution in [0, 0.1) is 11.8 Å². The third-order valence-corrected chi connectivity index (χ3v) is 3.70. The molecule has 2 rings (SSSR count). The minimum Gasteiger partial charge on any atom is -0.388 e. The van der Waals surface area contributed by atoms with Crippen LogP contribution in [0.4, 0.5) is 8.78 Å². The Morgan fingerprint density at radius 2 is 1.95 bits per heavy atom. The zero-order valence-electron chi connectivity index (χ0n) is 11.2. The first-order chi connectivity index (χ1) is 9.52. The predicted octanol–water partition coefficient (Wildman–Crippen LogP) is 2.17. The third kappa shape index (κ3) is 3.50. The maximum atomic E-state index is 13.4. The zero-order valence-corrected chi connectivity index (χ0v) is 11.2. The van der Waals surface area contributed by atoms with Crippen LogP contribution < -0.4 is 5.32 Å². The van der Waals surface area contributed by atoms with Crippen molar-refractivity contribution in [2.24, 2.45) is 0 Å². The average Bonchev–Trinajstić information content (AvgIpc) is 2.65. The fraction of sp³-hybridized carbons (Fsp3) is 0.571. The van der Waals surface area contributed by atoms with Gasteiger partial charge in [-0.05, 0) is 18.9 Å². The average molecular weight is 284 g/mol. The molecular formula is C14H18F2N2O2. The lowest BCUT2D eigenvalue weighted by Crippen LogP contribution is -2.42. The highest BCUT2D eigenvalue weighted by Gasteiger charge is 2.29. The summed E-state index contributed by atoms with van der Waals surface area (Å²) in [5, 5.41) is 12.9. The fourth-order valence-electron chi connectivity index (χ4n) is 2.50. The van der Waals surface area contributed by atoms with E-state index in [9.17, 15) is 18.7 Å².